The van der Waals surface area contributed by atoms with Crippen LogP contribution >= 0.6 is 0 Å². The Balaban J connectivity index is 1.47. The fraction of sp³-hybridized carbons (Fsp3) is 0.467. The van der Waals surface area contributed by atoms with Crippen LogP contribution in [-0.4, -0.2) is 34.6 Å². The van der Waals surface area contributed by atoms with Crippen molar-refractivity contribution in [2.75, 3.05) is 13.1 Å². The van der Waals surface area contributed by atoms with Crippen molar-refractivity contribution in [3.8, 4) is 0 Å². The van der Waals surface area contributed by atoms with Crippen molar-refractivity contribution < 1.29 is 4.79 Å². The van der Waals surface area contributed by atoms with E-state index >= 15 is 0 Å². The standard InChI is InChI=1S/C15H20N4O/c20-15(13-6-3-8-16-13)17-9-4-10-19-11-18-12-5-1-2-7-14(12)19/h1-2,5,7,11,13,16H,3-4,6,8-10H2,(H,17,20)/t13-/m1/s1. The molecule has 5 nitrogen and oxygen atoms in total. The van der Waals surface area contributed by atoms with Gasteiger partial charge in [0.2, 0.25) is 5.91 Å². The predicted molar refractivity (Wildman–Crippen MR) is 78.4 cm³/mol. The molecule has 0 aliphatic carbocycles. The average Bonchev–Trinajstić information content (AvgIpc) is 3.13. The molecule has 1 atom stereocenters. The fourth-order valence-electron chi connectivity index (χ4n) is 2.68. The Morgan fingerprint density at radius 2 is 2.35 bits per heavy atom. The number of benzene rings is 1. The highest BCUT2D eigenvalue weighted by Gasteiger charge is 2.21. The van der Waals surface area contributed by atoms with Crippen molar-refractivity contribution >= 4 is 16.9 Å². The van der Waals surface area contributed by atoms with E-state index in [9.17, 15) is 4.79 Å². The second kappa shape index (κ2) is 6.05. The maximum absolute atomic E-state index is 11.8. The summed E-state index contributed by atoms with van der Waals surface area (Å²) in [6, 6.07) is 8.12. The third-order valence-electron chi connectivity index (χ3n) is 3.78. The van der Waals surface area contributed by atoms with Crippen LogP contribution in [0.2, 0.25) is 0 Å². The molecule has 1 aliphatic rings. The molecule has 1 aromatic carbocycles. The summed E-state index contributed by atoms with van der Waals surface area (Å²) in [5.41, 5.74) is 2.17. The van der Waals surface area contributed by atoms with Crippen LogP contribution in [0.15, 0.2) is 30.6 Å². The summed E-state index contributed by atoms with van der Waals surface area (Å²) in [6.45, 7) is 2.54. The van der Waals surface area contributed by atoms with Gasteiger partial charge < -0.3 is 15.2 Å². The molecule has 1 amide bonds. The zero-order chi connectivity index (χ0) is 13.8. The van der Waals surface area contributed by atoms with E-state index in [2.05, 4.69) is 26.3 Å². The zero-order valence-electron chi connectivity index (χ0n) is 11.5. The van der Waals surface area contributed by atoms with E-state index in [1.807, 2.05) is 24.5 Å². The molecule has 0 bridgehead atoms. The first-order valence-corrected chi connectivity index (χ1v) is 7.25. The summed E-state index contributed by atoms with van der Waals surface area (Å²) in [5.74, 6) is 0.137. The van der Waals surface area contributed by atoms with Crippen LogP contribution in [0.25, 0.3) is 11.0 Å². The molecule has 5 heteroatoms. The van der Waals surface area contributed by atoms with Crippen molar-refractivity contribution in [3.05, 3.63) is 30.6 Å². The lowest BCUT2D eigenvalue weighted by molar-refractivity contribution is -0.122. The summed E-state index contributed by atoms with van der Waals surface area (Å²) in [6.07, 6.45) is 4.83. The third-order valence-corrected chi connectivity index (χ3v) is 3.78. The molecule has 3 rings (SSSR count). The molecular formula is C15H20N4O. The Morgan fingerprint density at radius 3 is 3.20 bits per heavy atom. The number of nitrogens with one attached hydrogen (secondary N) is 2. The van der Waals surface area contributed by atoms with Crippen molar-refractivity contribution in [2.24, 2.45) is 0 Å². The molecule has 2 heterocycles. The first kappa shape index (κ1) is 13.1. The summed E-state index contributed by atoms with van der Waals surface area (Å²) in [7, 11) is 0. The molecule has 0 spiro atoms. The molecule has 106 valence electrons. The number of hydrogen-bond acceptors (Lipinski definition) is 3. The maximum atomic E-state index is 11.8. The largest absolute Gasteiger partial charge is 0.355 e. The van der Waals surface area contributed by atoms with Gasteiger partial charge in [-0.1, -0.05) is 12.1 Å². The molecule has 1 fully saturated rings. The number of hydrogen-bond donors (Lipinski definition) is 2. The second-order valence-electron chi connectivity index (χ2n) is 5.22. The Kier molecular flexibility index (Phi) is 3.97. The van der Waals surface area contributed by atoms with Crippen molar-refractivity contribution in [3.63, 3.8) is 0 Å². The predicted octanol–water partition coefficient (Wildman–Crippen LogP) is 1.29. The molecule has 0 unspecified atom stereocenters. The first-order valence-electron chi connectivity index (χ1n) is 7.25. The van der Waals surface area contributed by atoms with E-state index in [4.69, 9.17) is 0 Å². The molecule has 0 saturated carbocycles. The maximum Gasteiger partial charge on any atom is 0.237 e. The van der Waals surface area contributed by atoms with Crippen LogP contribution in [0.1, 0.15) is 19.3 Å². The van der Waals surface area contributed by atoms with Gasteiger partial charge in [0.05, 0.1) is 23.4 Å². The molecule has 1 saturated heterocycles. The number of carbonyl (C=O) groups is 1. The van der Waals surface area contributed by atoms with Gasteiger partial charge in [0.1, 0.15) is 0 Å². The highest BCUT2D eigenvalue weighted by atomic mass is 16.2. The SMILES string of the molecule is O=C(NCCCn1cnc2ccccc21)[C@H]1CCCN1. The topological polar surface area (TPSA) is 59.0 Å². The van der Waals surface area contributed by atoms with Gasteiger partial charge in [-0.2, -0.15) is 0 Å². The van der Waals surface area contributed by atoms with Crippen LogP contribution in [0.4, 0.5) is 0 Å². The highest BCUT2D eigenvalue weighted by molar-refractivity contribution is 5.81. The minimum absolute atomic E-state index is 0.0177. The van der Waals surface area contributed by atoms with Gasteiger partial charge in [-0.05, 0) is 37.9 Å². The van der Waals surface area contributed by atoms with Crippen LogP contribution in [0.3, 0.4) is 0 Å². The number of rotatable bonds is 5. The quantitative estimate of drug-likeness (QED) is 0.807. The minimum Gasteiger partial charge on any atom is -0.355 e. The van der Waals surface area contributed by atoms with Crippen LogP contribution < -0.4 is 10.6 Å². The summed E-state index contributed by atoms with van der Waals surface area (Å²) in [4.78, 5) is 16.2. The lowest BCUT2D eigenvalue weighted by Gasteiger charge is -2.11. The van der Waals surface area contributed by atoms with Gasteiger partial charge in [0.25, 0.3) is 0 Å². The van der Waals surface area contributed by atoms with Crippen LogP contribution in [0, 0.1) is 0 Å². The molecular weight excluding hydrogens is 252 g/mol. The van der Waals surface area contributed by atoms with Crippen molar-refractivity contribution in [2.45, 2.75) is 31.8 Å². The Labute approximate surface area is 118 Å². The third kappa shape index (κ3) is 2.82. The highest BCUT2D eigenvalue weighted by Crippen LogP contribution is 2.11. The van der Waals surface area contributed by atoms with Crippen LogP contribution in [-0.2, 0) is 11.3 Å². The van der Waals surface area contributed by atoms with E-state index in [0.29, 0.717) is 6.54 Å². The average molecular weight is 272 g/mol. The van der Waals surface area contributed by atoms with E-state index in [0.717, 1.165) is 43.4 Å². The van der Waals surface area contributed by atoms with Gasteiger partial charge >= 0.3 is 0 Å². The second-order valence-corrected chi connectivity index (χ2v) is 5.22. The number of aryl methyl sites for hydroxylation is 1. The van der Waals surface area contributed by atoms with Gasteiger partial charge in [0, 0.05) is 13.1 Å². The molecule has 20 heavy (non-hydrogen) atoms. The zero-order valence-corrected chi connectivity index (χ0v) is 11.5. The number of aromatic nitrogens is 2. The fourth-order valence-corrected chi connectivity index (χ4v) is 2.68. The van der Waals surface area contributed by atoms with E-state index in [1.54, 1.807) is 0 Å². The lowest BCUT2D eigenvalue weighted by atomic mass is 10.2. The molecule has 1 aromatic heterocycles. The monoisotopic (exact) mass is 272 g/mol. The summed E-state index contributed by atoms with van der Waals surface area (Å²) < 4.78 is 2.13. The number of carbonyl (C=O) groups excluding carboxylic acids is 1. The van der Waals surface area contributed by atoms with Crippen LogP contribution in [0.5, 0.6) is 0 Å². The van der Waals surface area contributed by atoms with Gasteiger partial charge in [-0.3, -0.25) is 4.79 Å². The lowest BCUT2D eigenvalue weighted by Crippen LogP contribution is -2.40. The number of fused-ring (bicyclic) bond motifs is 1. The number of nitrogens with zero attached hydrogens (tertiary/aromatic N) is 2. The summed E-state index contributed by atoms with van der Waals surface area (Å²) in [5, 5.41) is 6.21. The number of para-hydroxylation sites is 2. The Hall–Kier alpha value is -1.88. The van der Waals surface area contributed by atoms with Gasteiger partial charge in [0.15, 0.2) is 0 Å². The Morgan fingerprint density at radius 1 is 1.45 bits per heavy atom. The molecule has 2 aromatic rings. The van der Waals surface area contributed by atoms with Gasteiger partial charge in [-0.15, -0.1) is 0 Å². The molecule has 2 N–H and O–H groups in total. The smallest absolute Gasteiger partial charge is 0.237 e. The van der Waals surface area contributed by atoms with E-state index in [-0.39, 0.29) is 11.9 Å². The normalized spacial score (nSPS) is 18.5. The number of amides is 1. The van der Waals surface area contributed by atoms with Crippen molar-refractivity contribution in [1.29, 1.82) is 0 Å². The van der Waals surface area contributed by atoms with Gasteiger partial charge in [-0.25, -0.2) is 4.98 Å². The molecule has 1 aliphatic heterocycles. The molecule has 0 radical (unpaired) electrons. The van der Waals surface area contributed by atoms with E-state index < -0.39 is 0 Å². The Bertz CT molecular complexity index is 586. The first-order chi connectivity index (χ1) is 9.84. The van der Waals surface area contributed by atoms with E-state index in [1.165, 1.54) is 0 Å². The number of imidazole rings is 1. The van der Waals surface area contributed by atoms with Crippen molar-refractivity contribution in [1.82, 2.24) is 20.2 Å². The minimum atomic E-state index is 0.0177. The summed E-state index contributed by atoms with van der Waals surface area (Å²) >= 11 is 0.